The van der Waals surface area contributed by atoms with E-state index in [0.29, 0.717) is 11.1 Å². The van der Waals surface area contributed by atoms with Crippen molar-refractivity contribution in [3.05, 3.63) is 76.4 Å². The lowest BCUT2D eigenvalue weighted by Crippen LogP contribution is -2.23. The molecule has 2 aromatic carbocycles. The first-order valence-electron chi connectivity index (χ1n) is 9.21. The molecule has 0 N–H and O–H groups in total. The molecule has 1 aliphatic carbocycles. The second-order valence-electron chi connectivity index (χ2n) is 6.73. The minimum absolute atomic E-state index is 0.209. The molecule has 3 rings (SSSR count). The van der Waals surface area contributed by atoms with Crippen LogP contribution in [0.2, 0.25) is 0 Å². The highest BCUT2D eigenvalue weighted by atomic mass is 16.5. The molecule has 1 aliphatic rings. The highest BCUT2D eigenvalue weighted by Gasteiger charge is 2.20. The van der Waals surface area contributed by atoms with Gasteiger partial charge in [-0.05, 0) is 67.2 Å². The number of rotatable bonds is 6. The Morgan fingerprint density at radius 3 is 2.36 bits per heavy atom. The number of fused-ring (bicyclic) bond motifs is 1. The van der Waals surface area contributed by atoms with Crippen LogP contribution in [-0.4, -0.2) is 30.9 Å². The Balaban J connectivity index is 1.58. The van der Waals surface area contributed by atoms with Crippen LogP contribution in [0.5, 0.6) is 0 Å². The number of Topliss-reactive ketones (excluding diaryl/α,β-unsaturated/α-hetero) is 1. The fourth-order valence-corrected chi connectivity index (χ4v) is 3.24. The van der Waals surface area contributed by atoms with Crippen LogP contribution in [-0.2, 0) is 27.1 Å². The molecule has 1 atom stereocenters. The molecule has 28 heavy (non-hydrogen) atoms. The molecule has 0 bridgehead atoms. The number of benzene rings is 2. The van der Waals surface area contributed by atoms with E-state index >= 15 is 0 Å². The summed E-state index contributed by atoms with van der Waals surface area (Å²) in [7, 11) is 1.32. The molecule has 0 saturated carbocycles. The summed E-state index contributed by atoms with van der Waals surface area (Å²) in [5, 5.41) is 0. The normalized spacial score (nSPS) is 13.8. The molecule has 144 valence electrons. The van der Waals surface area contributed by atoms with Crippen molar-refractivity contribution in [2.24, 2.45) is 0 Å². The SMILES string of the molecule is COC(=O)c1ccc(/C=C/C(=O)O[C@@H](C)C(=O)c2ccc3c(c2)CCC3)cc1. The van der Waals surface area contributed by atoms with Crippen LogP contribution in [0, 0.1) is 0 Å². The Hall–Kier alpha value is -3.21. The topological polar surface area (TPSA) is 69.7 Å². The number of carbonyl (C=O) groups is 3. The maximum Gasteiger partial charge on any atom is 0.337 e. The van der Waals surface area contributed by atoms with Crippen LogP contribution >= 0.6 is 0 Å². The monoisotopic (exact) mass is 378 g/mol. The van der Waals surface area contributed by atoms with Gasteiger partial charge in [0.15, 0.2) is 6.10 Å². The van der Waals surface area contributed by atoms with Crippen LogP contribution in [0.25, 0.3) is 6.08 Å². The first-order valence-corrected chi connectivity index (χ1v) is 9.21. The zero-order valence-corrected chi connectivity index (χ0v) is 15.9. The van der Waals surface area contributed by atoms with Crippen molar-refractivity contribution < 1.29 is 23.9 Å². The molecule has 0 spiro atoms. The maximum atomic E-state index is 12.5. The van der Waals surface area contributed by atoms with E-state index in [0.717, 1.165) is 24.8 Å². The Labute approximate surface area is 164 Å². The first-order chi connectivity index (χ1) is 13.5. The number of esters is 2. The molecular formula is C23H22O5. The van der Waals surface area contributed by atoms with Crippen molar-refractivity contribution >= 4 is 23.8 Å². The average molecular weight is 378 g/mol. The van der Waals surface area contributed by atoms with Crippen LogP contribution < -0.4 is 0 Å². The summed E-state index contributed by atoms with van der Waals surface area (Å²) in [6.07, 6.45) is 5.12. The number of methoxy groups -OCH3 is 1. The lowest BCUT2D eigenvalue weighted by atomic mass is 10.0. The van der Waals surface area contributed by atoms with Gasteiger partial charge in [-0.25, -0.2) is 9.59 Å². The average Bonchev–Trinajstić information content (AvgIpc) is 3.19. The van der Waals surface area contributed by atoms with Gasteiger partial charge >= 0.3 is 11.9 Å². The van der Waals surface area contributed by atoms with Crippen molar-refractivity contribution in [1.82, 2.24) is 0 Å². The Bertz CT molecular complexity index is 925. The lowest BCUT2D eigenvalue weighted by molar-refractivity contribution is -0.140. The van der Waals surface area contributed by atoms with E-state index < -0.39 is 18.0 Å². The zero-order valence-electron chi connectivity index (χ0n) is 15.9. The molecule has 0 aromatic heterocycles. The molecule has 0 fully saturated rings. The third-order valence-electron chi connectivity index (χ3n) is 4.79. The summed E-state index contributed by atoms with van der Waals surface area (Å²) in [5.74, 6) is -1.23. The predicted octanol–water partition coefficient (Wildman–Crippen LogP) is 3.79. The van der Waals surface area contributed by atoms with Crippen molar-refractivity contribution in [2.75, 3.05) is 7.11 Å². The molecule has 0 radical (unpaired) electrons. The number of aryl methyl sites for hydroxylation is 2. The molecule has 0 heterocycles. The van der Waals surface area contributed by atoms with Gasteiger partial charge < -0.3 is 9.47 Å². The zero-order chi connectivity index (χ0) is 20.1. The van der Waals surface area contributed by atoms with E-state index in [9.17, 15) is 14.4 Å². The van der Waals surface area contributed by atoms with E-state index in [-0.39, 0.29) is 5.78 Å². The minimum Gasteiger partial charge on any atom is -0.465 e. The molecule has 0 amide bonds. The molecular weight excluding hydrogens is 356 g/mol. The van der Waals surface area contributed by atoms with Gasteiger partial charge in [0.2, 0.25) is 5.78 Å². The van der Waals surface area contributed by atoms with Crippen LogP contribution in [0.15, 0.2) is 48.5 Å². The molecule has 2 aromatic rings. The first kappa shape index (κ1) is 19.5. The van der Waals surface area contributed by atoms with Gasteiger partial charge in [0.1, 0.15) is 0 Å². The Morgan fingerprint density at radius 1 is 0.964 bits per heavy atom. The van der Waals surface area contributed by atoms with E-state index in [1.165, 1.54) is 24.3 Å². The second kappa shape index (κ2) is 8.65. The van der Waals surface area contributed by atoms with E-state index in [4.69, 9.17) is 4.74 Å². The number of ether oxygens (including phenoxy) is 2. The summed E-state index contributed by atoms with van der Waals surface area (Å²) in [6.45, 7) is 1.58. The Morgan fingerprint density at radius 2 is 1.64 bits per heavy atom. The third kappa shape index (κ3) is 4.55. The highest BCUT2D eigenvalue weighted by Crippen LogP contribution is 2.23. The maximum absolute atomic E-state index is 12.5. The fourth-order valence-electron chi connectivity index (χ4n) is 3.24. The van der Waals surface area contributed by atoms with Gasteiger partial charge in [0.05, 0.1) is 12.7 Å². The van der Waals surface area contributed by atoms with Crippen molar-refractivity contribution in [3.63, 3.8) is 0 Å². The van der Waals surface area contributed by atoms with Gasteiger partial charge in [-0.15, -0.1) is 0 Å². The smallest absolute Gasteiger partial charge is 0.337 e. The van der Waals surface area contributed by atoms with Gasteiger partial charge in [-0.1, -0.05) is 24.3 Å². The van der Waals surface area contributed by atoms with Gasteiger partial charge in [0.25, 0.3) is 0 Å². The van der Waals surface area contributed by atoms with Crippen LogP contribution in [0.4, 0.5) is 0 Å². The fraction of sp³-hybridized carbons (Fsp3) is 0.261. The lowest BCUT2D eigenvalue weighted by Gasteiger charge is -2.12. The second-order valence-corrected chi connectivity index (χ2v) is 6.73. The van der Waals surface area contributed by atoms with Crippen LogP contribution in [0.3, 0.4) is 0 Å². The summed E-state index contributed by atoms with van der Waals surface area (Å²) in [6, 6.07) is 12.3. The molecule has 5 nitrogen and oxygen atoms in total. The predicted molar refractivity (Wildman–Crippen MR) is 105 cm³/mol. The number of ketones is 1. The van der Waals surface area contributed by atoms with Gasteiger partial charge in [-0.2, -0.15) is 0 Å². The standard InChI is InChI=1S/C23H22O5/c1-15(22(25)20-12-11-17-4-3-5-19(17)14-20)28-21(24)13-8-16-6-9-18(10-7-16)23(26)27-2/h6-15H,3-5H2,1-2H3/b13-8+/t15-/m0/s1. The summed E-state index contributed by atoms with van der Waals surface area (Å²) >= 11 is 0. The van der Waals surface area contributed by atoms with Crippen molar-refractivity contribution in [1.29, 1.82) is 0 Å². The molecule has 0 saturated heterocycles. The number of carbonyl (C=O) groups excluding carboxylic acids is 3. The summed E-state index contributed by atoms with van der Waals surface area (Å²) < 4.78 is 9.88. The quantitative estimate of drug-likeness (QED) is 0.435. The van der Waals surface area contributed by atoms with Crippen LogP contribution in [0.1, 0.15) is 50.8 Å². The number of hydrogen-bond acceptors (Lipinski definition) is 5. The number of hydrogen-bond donors (Lipinski definition) is 0. The van der Waals surface area contributed by atoms with E-state index in [1.54, 1.807) is 43.3 Å². The van der Waals surface area contributed by atoms with Crippen molar-refractivity contribution in [2.45, 2.75) is 32.3 Å². The summed E-state index contributed by atoms with van der Waals surface area (Å²) in [5.41, 5.74) is 4.23. The van der Waals surface area contributed by atoms with E-state index in [1.807, 2.05) is 12.1 Å². The highest BCUT2D eigenvalue weighted by molar-refractivity contribution is 6.01. The largest absolute Gasteiger partial charge is 0.465 e. The molecule has 0 aliphatic heterocycles. The summed E-state index contributed by atoms with van der Waals surface area (Å²) in [4.78, 5) is 36.0. The van der Waals surface area contributed by atoms with E-state index in [2.05, 4.69) is 4.74 Å². The third-order valence-corrected chi connectivity index (χ3v) is 4.79. The molecule has 0 unspecified atom stereocenters. The Kier molecular flexibility index (Phi) is 6.04. The van der Waals surface area contributed by atoms with Gasteiger partial charge in [0, 0.05) is 11.6 Å². The minimum atomic E-state index is -0.863. The molecule has 5 heteroatoms. The van der Waals surface area contributed by atoms with Crippen molar-refractivity contribution in [3.8, 4) is 0 Å². The van der Waals surface area contributed by atoms with Gasteiger partial charge in [-0.3, -0.25) is 4.79 Å².